The number of fused-ring (bicyclic) bond motifs is 5. The minimum Gasteiger partial charge on any atom is -0.0881 e. The van der Waals surface area contributed by atoms with Crippen LogP contribution in [0, 0.1) is 0 Å². The molecule has 174 valence electrons. The van der Waals surface area contributed by atoms with Crippen LogP contribution in [-0.4, -0.2) is 0 Å². The summed E-state index contributed by atoms with van der Waals surface area (Å²) in [4.78, 5) is 2.70. The van der Waals surface area contributed by atoms with Gasteiger partial charge in [-0.1, -0.05) is 133 Å². The van der Waals surface area contributed by atoms with Crippen molar-refractivity contribution in [2.24, 2.45) is 0 Å². The average molecular weight is 489 g/mol. The molecule has 1 unspecified atom stereocenters. The molecular formula is C36H24S. The third-order valence-corrected chi connectivity index (χ3v) is 9.55. The summed E-state index contributed by atoms with van der Waals surface area (Å²) in [5.41, 5.74) is 11.9. The van der Waals surface area contributed by atoms with Gasteiger partial charge in [-0.15, -0.1) is 0 Å². The van der Waals surface area contributed by atoms with Crippen molar-refractivity contribution in [3.63, 3.8) is 0 Å². The Hall–Kier alpha value is -4.07. The molecule has 1 atom stereocenters. The third-order valence-electron chi connectivity index (χ3n) is 8.35. The highest BCUT2D eigenvalue weighted by atomic mass is 32.2. The van der Waals surface area contributed by atoms with Crippen molar-refractivity contribution in [3.05, 3.63) is 144 Å². The van der Waals surface area contributed by atoms with Gasteiger partial charge in [0, 0.05) is 20.6 Å². The molecule has 0 nitrogen and oxygen atoms in total. The maximum absolute atomic E-state index is 2.41. The molecule has 8 rings (SSSR count). The first kappa shape index (κ1) is 21.1. The van der Waals surface area contributed by atoms with Crippen LogP contribution < -0.4 is 0 Å². The second kappa shape index (κ2) is 7.71. The van der Waals surface area contributed by atoms with Gasteiger partial charge in [0.2, 0.25) is 0 Å². The molecule has 6 aromatic carbocycles. The second-order valence-electron chi connectivity index (χ2n) is 10.2. The minimum absolute atomic E-state index is 0.234. The first-order valence-corrected chi connectivity index (χ1v) is 13.7. The molecule has 0 radical (unpaired) electrons. The smallest absolute Gasteiger partial charge is 0.0441 e. The fraction of sp³-hybridized carbons (Fsp3) is 0.0556. The fourth-order valence-corrected chi connectivity index (χ4v) is 7.95. The molecule has 0 spiro atoms. The summed E-state index contributed by atoms with van der Waals surface area (Å²) in [5, 5.41) is 2.68. The van der Waals surface area contributed by atoms with Gasteiger partial charge >= 0.3 is 0 Å². The van der Waals surface area contributed by atoms with Crippen LogP contribution in [0.2, 0.25) is 0 Å². The monoisotopic (exact) mass is 488 g/mol. The minimum atomic E-state index is -0.234. The quantitative estimate of drug-likeness (QED) is 0.233. The Kier molecular flexibility index (Phi) is 4.39. The van der Waals surface area contributed by atoms with E-state index in [-0.39, 0.29) is 5.41 Å². The predicted molar refractivity (Wildman–Crippen MR) is 156 cm³/mol. The van der Waals surface area contributed by atoms with Crippen molar-refractivity contribution < 1.29 is 0 Å². The van der Waals surface area contributed by atoms with Crippen LogP contribution in [0.25, 0.3) is 44.2 Å². The number of benzene rings is 6. The fourth-order valence-electron chi connectivity index (χ4n) is 6.68. The molecule has 1 heteroatoms. The van der Waals surface area contributed by atoms with Crippen molar-refractivity contribution in [2.75, 3.05) is 0 Å². The van der Waals surface area contributed by atoms with E-state index in [1.807, 2.05) is 11.8 Å². The van der Waals surface area contributed by atoms with Gasteiger partial charge in [0.25, 0.3) is 0 Å². The van der Waals surface area contributed by atoms with Gasteiger partial charge in [-0.05, 0) is 68.4 Å². The summed E-state index contributed by atoms with van der Waals surface area (Å²) in [6.45, 7) is 2.41. The molecule has 0 N–H and O–H groups in total. The van der Waals surface area contributed by atoms with Crippen LogP contribution in [0.15, 0.2) is 137 Å². The van der Waals surface area contributed by atoms with Crippen molar-refractivity contribution in [1.82, 2.24) is 0 Å². The van der Waals surface area contributed by atoms with Crippen LogP contribution in [0.1, 0.15) is 23.6 Å². The van der Waals surface area contributed by atoms with E-state index in [9.17, 15) is 0 Å². The van der Waals surface area contributed by atoms with E-state index in [1.54, 1.807) is 0 Å². The molecule has 2 aliphatic rings. The van der Waals surface area contributed by atoms with E-state index in [1.165, 1.54) is 70.6 Å². The second-order valence-corrected chi connectivity index (χ2v) is 11.3. The summed E-state index contributed by atoms with van der Waals surface area (Å²) in [6.07, 6.45) is 0. The van der Waals surface area contributed by atoms with Gasteiger partial charge in [-0.3, -0.25) is 0 Å². The lowest BCUT2D eigenvalue weighted by Gasteiger charge is -2.31. The molecule has 0 amide bonds. The zero-order valence-corrected chi connectivity index (χ0v) is 21.3. The maximum Gasteiger partial charge on any atom is 0.0441 e. The zero-order valence-electron chi connectivity index (χ0n) is 20.5. The van der Waals surface area contributed by atoms with Crippen LogP contribution in [0.5, 0.6) is 0 Å². The molecular weight excluding hydrogens is 464 g/mol. The lowest BCUT2D eigenvalue weighted by atomic mass is 9.72. The highest BCUT2D eigenvalue weighted by Crippen LogP contribution is 2.58. The number of rotatable bonds is 2. The molecule has 0 bridgehead atoms. The molecule has 0 saturated heterocycles. The maximum atomic E-state index is 2.41. The highest BCUT2D eigenvalue weighted by molar-refractivity contribution is 8.00. The Morgan fingerprint density at radius 3 is 2.00 bits per heavy atom. The first-order valence-electron chi connectivity index (χ1n) is 12.9. The van der Waals surface area contributed by atoms with Gasteiger partial charge < -0.3 is 0 Å². The van der Waals surface area contributed by atoms with Crippen molar-refractivity contribution >= 4 is 22.5 Å². The lowest BCUT2D eigenvalue weighted by Crippen LogP contribution is -2.23. The zero-order chi connectivity index (χ0) is 24.6. The first-order chi connectivity index (χ1) is 18.2. The van der Waals surface area contributed by atoms with Crippen molar-refractivity contribution in [1.29, 1.82) is 0 Å². The summed E-state index contributed by atoms with van der Waals surface area (Å²) in [7, 11) is 0. The van der Waals surface area contributed by atoms with Crippen LogP contribution in [0.3, 0.4) is 0 Å². The summed E-state index contributed by atoms with van der Waals surface area (Å²) < 4.78 is 0. The molecule has 1 heterocycles. The van der Waals surface area contributed by atoms with Crippen LogP contribution >= 0.6 is 11.8 Å². The molecule has 0 fully saturated rings. The Morgan fingerprint density at radius 1 is 0.486 bits per heavy atom. The molecule has 37 heavy (non-hydrogen) atoms. The lowest BCUT2D eigenvalue weighted by molar-refractivity contribution is 0.715. The molecule has 0 aromatic heterocycles. The van der Waals surface area contributed by atoms with Crippen molar-refractivity contribution in [3.8, 4) is 33.4 Å². The van der Waals surface area contributed by atoms with Crippen molar-refractivity contribution in [2.45, 2.75) is 22.1 Å². The van der Waals surface area contributed by atoms with E-state index in [0.29, 0.717) is 0 Å². The van der Waals surface area contributed by atoms with Gasteiger partial charge in [0.05, 0.1) is 0 Å². The van der Waals surface area contributed by atoms with Crippen LogP contribution in [-0.2, 0) is 5.41 Å². The summed E-state index contributed by atoms with van der Waals surface area (Å²) >= 11 is 1.92. The normalized spacial score (nSPS) is 16.8. The van der Waals surface area contributed by atoms with Gasteiger partial charge in [0.15, 0.2) is 0 Å². The molecule has 1 aliphatic heterocycles. The Labute approximate surface area is 221 Å². The Balaban J connectivity index is 1.47. The number of hydrogen-bond donors (Lipinski definition) is 0. The summed E-state index contributed by atoms with van der Waals surface area (Å²) in [6, 6.07) is 47.1. The van der Waals surface area contributed by atoms with E-state index in [4.69, 9.17) is 0 Å². The number of hydrogen-bond acceptors (Lipinski definition) is 1. The van der Waals surface area contributed by atoms with E-state index in [0.717, 1.165) is 0 Å². The third kappa shape index (κ3) is 2.81. The largest absolute Gasteiger partial charge is 0.0881 e. The van der Waals surface area contributed by atoms with Crippen LogP contribution in [0.4, 0.5) is 0 Å². The Bertz CT molecular complexity index is 1860. The average Bonchev–Trinajstić information content (AvgIpc) is 3.23. The molecule has 1 aliphatic carbocycles. The van der Waals surface area contributed by atoms with E-state index >= 15 is 0 Å². The van der Waals surface area contributed by atoms with Gasteiger partial charge in [-0.25, -0.2) is 0 Å². The molecule has 6 aromatic rings. The standard InChI is InChI=1S/C36H24S/c1-36(24-12-3-2-4-13-24)31-19-7-5-14-25(31)28-17-10-18-29(34(28)36)30-22-21-23-11-9-16-27-26-15-6-8-20-32(26)37-35(30)33(23)27/h2-22H,1H3. The SMILES string of the molecule is CC1(c2ccccc2)c2ccccc2-c2cccc(-c3ccc4cccc5c4c3Sc3ccccc3-5)c21. The highest BCUT2D eigenvalue weighted by Gasteiger charge is 2.42. The predicted octanol–water partition coefficient (Wildman–Crippen LogP) is 9.97. The van der Waals surface area contributed by atoms with E-state index < -0.39 is 0 Å². The van der Waals surface area contributed by atoms with Gasteiger partial charge in [0.1, 0.15) is 0 Å². The topological polar surface area (TPSA) is 0 Å². The van der Waals surface area contributed by atoms with E-state index in [2.05, 4.69) is 134 Å². The summed E-state index contributed by atoms with van der Waals surface area (Å²) in [5.74, 6) is 0. The molecule has 0 saturated carbocycles. The Morgan fingerprint density at radius 2 is 1.14 bits per heavy atom. The van der Waals surface area contributed by atoms with Gasteiger partial charge in [-0.2, -0.15) is 0 Å².